The zero-order chi connectivity index (χ0) is 23.6. The molecule has 170 valence electrons. The molecule has 1 amide bonds. The maximum atomic E-state index is 13.3. The predicted octanol–water partition coefficient (Wildman–Crippen LogP) is 5.60. The number of carbonyl (C=O) groups excluding carboxylic acids is 1. The van der Waals surface area contributed by atoms with Gasteiger partial charge in [0.2, 0.25) is 5.91 Å². The van der Waals surface area contributed by atoms with E-state index in [2.05, 4.69) is 15.9 Å². The summed E-state index contributed by atoms with van der Waals surface area (Å²) >= 11 is 3.60. The number of hydrogen-bond acceptors (Lipinski definition) is 4. The number of aryl methyl sites for hydroxylation is 1. The Morgan fingerprint density at radius 3 is 2.39 bits per heavy atom. The Labute approximate surface area is 202 Å². The summed E-state index contributed by atoms with van der Waals surface area (Å²) in [6.45, 7) is 1.89. The zero-order valence-electron chi connectivity index (χ0n) is 18.4. The molecule has 0 bridgehead atoms. The van der Waals surface area contributed by atoms with Crippen LogP contribution >= 0.6 is 15.9 Å². The summed E-state index contributed by atoms with van der Waals surface area (Å²) in [7, 11) is -2.42. The molecular weight excluding hydrogens is 502 g/mol. The molecule has 33 heavy (non-hydrogen) atoms. The summed E-state index contributed by atoms with van der Waals surface area (Å²) in [6, 6.07) is 22.0. The normalized spacial score (nSPS) is 16.5. The standard InChI is InChI=1S/C26H24BrNO4S/c1-18-8-11-22(12-9-18)33(30,31)28-17-20(14-19-6-4-3-5-7-19)23(16-26(28)29)24-15-21(32-2)10-13-25(24)27/h3-13,15,17,23H,14,16H2,1-2H3/t23-/m0/s1. The molecule has 5 nitrogen and oxygen atoms in total. The number of ether oxygens (including phenoxy) is 1. The fourth-order valence-electron chi connectivity index (χ4n) is 3.96. The van der Waals surface area contributed by atoms with Gasteiger partial charge in [0.1, 0.15) is 5.75 Å². The largest absolute Gasteiger partial charge is 0.497 e. The van der Waals surface area contributed by atoms with Gasteiger partial charge >= 0.3 is 0 Å². The van der Waals surface area contributed by atoms with Crippen LogP contribution in [0.5, 0.6) is 5.75 Å². The molecule has 1 aliphatic heterocycles. The molecule has 1 aliphatic rings. The van der Waals surface area contributed by atoms with Crippen LogP contribution in [0.15, 0.2) is 93.9 Å². The molecule has 0 unspecified atom stereocenters. The molecule has 0 saturated carbocycles. The van der Waals surface area contributed by atoms with Crippen LogP contribution in [0.1, 0.15) is 29.0 Å². The molecule has 1 heterocycles. The van der Waals surface area contributed by atoms with E-state index in [-0.39, 0.29) is 17.2 Å². The SMILES string of the molecule is COc1ccc(Br)c([C@H]2CC(=O)N(S(=O)(=O)c3ccc(C)cc3)C=C2Cc2ccccc2)c1. The summed E-state index contributed by atoms with van der Waals surface area (Å²) in [5.41, 5.74) is 3.71. The van der Waals surface area contributed by atoms with Gasteiger partial charge in [-0.3, -0.25) is 4.79 Å². The molecule has 0 N–H and O–H groups in total. The van der Waals surface area contributed by atoms with Gasteiger partial charge in [0, 0.05) is 23.0 Å². The predicted molar refractivity (Wildman–Crippen MR) is 131 cm³/mol. The lowest BCUT2D eigenvalue weighted by atomic mass is 9.83. The third kappa shape index (κ3) is 4.89. The Morgan fingerprint density at radius 1 is 1.03 bits per heavy atom. The highest BCUT2D eigenvalue weighted by atomic mass is 79.9. The van der Waals surface area contributed by atoms with Crippen LogP contribution in [0.4, 0.5) is 0 Å². The minimum absolute atomic E-state index is 0.0372. The maximum absolute atomic E-state index is 13.3. The Bertz CT molecular complexity index is 1300. The minimum atomic E-state index is -4.01. The fraction of sp³-hybridized carbons (Fsp3) is 0.192. The highest BCUT2D eigenvalue weighted by molar-refractivity contribution is 9.10. The lowest BCUT2D eigenvalue weighted by molar-refractivity contribution is -0.125. The van der Waals surface area contributed by atoms with Crippen molar-refractivity contribution in [2.45, 2.75) is 30.6 Å². The number of sulfonamides is 1. The Hall–Kier alpha value is -2.90. The van der Waals surface area contributed by atoms with Crippen LogP contribution in [-0.4, -0.2) is 25.7 Å². The minimum Gasteiger partial charge on any atom is -0.497 e. The van der Waals surface area contributed by atoms with Crippen molar-refractivity contribution in [1.29, 1.82) is 0 Å². The first-order valence-corrected chi connectivity index (χ1v) is 12.7. The van der Waals surface area contributed by atoms with Gasteiger partial charge in [-0.2, -0.15) is 0 Å². The monoisotopic (exact) mass is 525 g/mol. The van der Waals surface area contributed by atoms with E-state index >= 15 is 0 Å². The van der Waals surface area contributed by atoms with E-state index in [9.17, 15) is 13.2 Å². The third-order valence-corrected chi connectivity index (χ3v) is 8.18. The van der Waals surface area contributed by atoms with Gasteiger partial charge in [0.15, 0.2) is 0 Å². The van der Waals surface area contributed by atoms with Crippen LogP contribution in [-0.2, 0) is 21.2 Å². The molecule has 3 aromatic rings. The molecule has 0 saturated heterocycles. The van der Waals surface area contributed by atoms with Crippen molar-refractivity contribution in [1.82, 2.24) is 4.31 Å². The molecule has 0 fully saturated rings. The summed E-state index contributed by atoms with van der Waals surface area (Å²) in [5.74, 6) is -0.0758. The second kappa shape index (κ2) is 9.53. The van der Waals surface area contributed by atoms with Crippen molar-refractivity contribution in [3.05, 3.63) is 106 Å². The van der Waals surface area contributed by atoms with Crippen molar-refractivity contribution in [3.63, 3.8) is 0 Å². The van der Waals surface area contributed by atoms with E-state index in [1.54, 1.807) is 19.2 Å². The highest BCUT2D eigenvalue weighted by Crippen LogP contribution is 2.40. The molecule has 3 aromatic carbocycles. The van der Waals surface area contributed by atoms with E-state index in [0.717, 1.165) is 31.0 Å². The number of benzene rings is 3. The van der Waals surface area contributed by atoms with Gasteiger partial charge in [0.25, 0.3) is 10.0 Å². The van der Waals surface area contributed by atoms with Crippen LogP contribution in [0.2, 0.25) is 0 Å². The van der Waals surface area contributed by atoms with Crippen molar-refractivity contribution in [2.24, 2.45) is 0 Å². The summed E-state index contributed by atoms with van der Waals surface area (Å²) in [6.07, 6.45) is 2.06. The smallest absolute Gasteiger partial charge is 0.270 e. The number of hydrogen-bond donors (Lipinski definition) is 0. The number of methoxy groups -OCH3 is 1. The van der Waals surface area contributed by atoms with Crippen molar-refractivity contribution in [3.8, 4) is 5.75 Å². The van der Waals surface area contributed by atoms with Crippen molar-refractivity contribution in [2.75, 3.05) is 7.11 Å². The van der Waals surface area contributed by atoms with Gasteiger partial charge < -0.3 is 4.74 Å². The maximum Gasteiger partial charge on any atom is 0.270 e. The van der Waals surface area contributed by atoms with E-state index in [0.29, 0.717) is 12.2 Å². The van der Waals surface area contributed by atoms with Gasteiger partial charge in [-0.1, -0.05) is 64.0 Å². The van der Waals surface area contributed by atoms with Gasteiger partial charge in [-0.15, -0.1) is 0 Å². The number of allylic oxidation sites excluding steroid dienone is 1. The average Bonchev–Trinajstić information content (AvgIpc) is 2.81. The molecule has 1 atom stereocenters. The average molecular weight is 526 g/mol. The van der Waals surface area contributed by atoms with Crippen LogP contribution < -0.4 is 4.74 Å². The third-order valence-electron chi connectivity index (χ3n) is 5.76. The first kappa shape index (κ1) is 23.3. The second-order valence-corrected chi connectivity index (χ2v) is 10.7. The van der Waals surface area contributed by atoms with Crippen LogP contribution in [0, 0.1) is 6.92 Å². The van der Waals surface area contributed by atoms with Gasteiger partial charge in [0.05, 0.1) is 12.0 Å². The Balaban J connectivity index is 1.81. The van der Waals surface area contributed by atoms with Crippen molar-refractivity contribution < 1.29 is 17.9 Å². The molecule has 0 spiro atoms. The summed E-state index contributed by atoms with van der Waals surface area (Å²) < 4.78 is 33.8. The quantitative estimate of drug-likeness (QED) is 0.420. The van der Waals surface area contributed by atoms with Gasteiger partial charge in [-0.05, 0) is 60.4 Å². The topological polar surface area (TPSA) is 63.7 Å². The molecule has 0 aliphatic carbocycles. The fourth-order valence-corrected chi connectivity index (χ4v) is 5.81. The first-order chi connectivity index (χ1) is 15.8. The molecule has 7 heteroatoms. The van der Waals surface area contributed by atoms with E-state index in [1.807, 2.05) is 55.5 Å². The van der Waals surface area contributed by atoms with E-state index in [1.165, 1.54) is 18.3 Å². The number of carbonyl (C=O) groups is 1. The summed E-state index contributed by atoms with van der Waals surface area (Å²) in [4.78, 5) is 13.3. The number of amides is 1. The van der Waals surface area contributed by atoms with Crippen molar-refractivity contribution >= 4 is 31.9 Å². The molecule has 0 radical (unpaired) electrons. The molecular formula is C26H24BrNO4S. The molecule has 0 aromatic heterocycles. The lowest BCUT2D eigenvalue weighted by Gasteiger charge is -2.31. The Kier molecular flexibility index (Phi) is 6.72. The number of halogens is 1. The zero-order valence-corrected chi connectivity index (χ0v) is 20.8. The number of rotatable bonds is 6. The van der Waals surface area contributed by atoms with Crippen LogP contribution in [0.25, 0.3) is 0 Å². The van der Waals surface area contributed by atoms with E-state index < -0.39 is 15.9 Å². The first-order valence-electron chi connectivity index (χ1n) is 10.5. The molecule has 4 rings (SSSR count). The van der Waals surface area contributed by atoms with Crippen LogP contribution in [0.3, 0.4) is 0 Å². The lowest BCUT2D eigenvalue weighted by Crippen LogP contribution is -2.37. The second-order valence-electron chi connectivity index (χ2n) is 8.02. The highest BCUT2D eigenvalue weighted by Gasteiger charge is 2.36. The Morgan fingerprint density at radius 2 is 1.73 bits per heavy atom. The van der Waals surface area contributed by atoms with Gasteiger partial charge in [-0.25, -0.2) is 12.7 Å². The van der Waals surface area contributed by atoms with E-state index in [4.69, 9.17) is 4.74 Å². The summed E-state index contributed by atoms with van der Waals surface area (Å²) in [5, 5.41) is 0. The number of nitrogens with zero attached hydrogens (tertiary/aromatic N) is 1.